The smallest absolute Gasteiger partial charge is 0.289 e. The average Bonchev–Trinajstić information content (AvgIpc) is 3.41. The van der Waals surface area contributed by atoms with Crippen LogP contribution in [0.3, 0.4) is 0 Å². The quantitative estimate of drug-likeness (QED) is 0.537. The van der Waals surface area contributed by atoms with E-state index in [-0.39, 0.29) is 5.91 Å². The van der Waals surface area contributed by atoms with Gasteiger partial charge >= 0.3 is 0 Å². The molecule has 1 saturated heterocycles. The normalized spacial score (nSPS) is 14.5. The second kappa shape index (κ2) is 7.05. The van der Waals surface area contributed by atoms with Crippen LogP contribution in [0.1, 0.15) is 16.1 Å². The molecule has 1 aliphatic rings. The molecule has 29 heavy (non-hydrogen) atoms. The van der Waals surface area contributed by atoms with Crippen LogP contribution in [0.4, 0.5) is 5.95 Å². The number of carbonyl (C=O) groups is 1. The van der Waals surface area contributed by atoms with Crippen molar-refractivity contribution in [2.24, 2.45) is 0 Å². The summed E-state index contributed by atoms with van der Waals surface area (Å²) in [6.07, 6.45) is 0. The van der Waals surface area contributed by atoms with Gasteiger partial charge in [-0.05, 0) is 47.7 Å². The lowest BCUT2D eigenvalue weighted by Crippen LogP contribution is -2.49. The SMILES string of the molecule is Cc1ccc2oc(C(=O)N3CCN(c4nnnn4-c4ccccc4)CC3)cc2c1. The number of nitrogens with zero attached hydrogens (tertiary/aromatic N) is 6. The molecule has 1 fully saturated rings. The van der Waals surface area contributed by atoms with E-state index in [0.29, 0.717) is 37.9 Å². The largest absolute Gasteiger partial charge is 0.451 e. The van der Waals surface area contributed by atoms with E-state index in [1.54, 1.807) is 4.68 Å². The summed E-state index contributed by atoms with van der Waals surface area (Å²) in [5.74, 6) is 0.983. The van der Waals surface area contributed by atoms with Crippen LogP contribution < -0.4 is 4.90 Å². The van der Waals surface area contributed by atoms with Crippen molar-refractivity contribution < 1.29 is 9.21 Å². The number of aryl methyl sites for hydroxylation is 1. The van der Waals surface area contributed by atoms with Gasteiger partial charge in [0, 0.05) is 31.6 Å². The number of anilines is 1. The Morgan fingerprint density at radius 1 is 1.00 bits per heavy atom. The molecule has 4 aromatic rings. The van der Waals surface area contributed by atoms with Crippen LogP contribution in [0, 0.1) is 6.92 Å². The Kier molecular flexibility index (Phi) is 4.23. The van der Waals surface area contributed by atoms with Gasteiger partial charge in [-0.25, -0.2) is 0 Å². The predicted molar refractivity (Wildman–Crippen MR) is 108 cm³/mol. The zero-order chi connectivity index (χ0) is 19.8. The monoisotopic (exact) mass is 388 g/mol. The molecule has 0 bridgehead atoms. The molecule has 0 N–H and O–H groups in total. The summed E-state index contributed by atoms with van der Waals surface area (Å²) in [6.45, 7) is 4.49. The van der Waals surface area contributed by atoms with E-state index >= 15 is 0 Å². The number of piperazine rings is 1. The van der Waals surface area contributed by atoms with Gasteiger partial charge in [0.15, 0.2) is 5.76 Å². The van der Waals surface area contributed by atoms with Gasteiger partial charge in [-0.1, -0.05) is 34.9 Å². The fourth-order valence-corrected chi connectivity index (χ4v) is 3.65. The van der Waals surface area contributed by atoms with Crippen molar-refractivity contribution in [3.63, 3.8) is 0 Å². The Balaban J connectivity index is 1.30. The minimum atomic E-state index is -0.0823. The van der Waals surface area contributed by atoms with E-state index in [1.807, 2.05) is 66.4 Å². The summed E-state index contributed by atoms with van der Waals surface area (Å²) >= 11 is 0. The first-order valence-corrected chi connectivity index (χ1v) is 9.57. The highest BCUT2D eigenvalue weighted by atomic mass is 16.3. The fourth-order valence-electron chi connectivity index (χ4n) is 3.65. The Morgan fingerprint density at radius 2 is 1.79 bits per heavy atom. The van der Waals surface area contributed by atoms with E-state index < -0.39 is 0 Å². The Labute approximate surface area is 167 Å². The van der Waals surface area contributed by atoms with Gasteiger partial charge in [-0.15, -0.1) is 0 Å². The Hall–Kier alpha value is -3.68. The van der Waals surface area contributed by atoms with Crippen LogP contribution in [0.2, 0.25) is 0 Å². The highest BCUT2D eigenvalue weighted by molar-refractivity contribution is 5.96. The molecule has 8 heteroatoms. The van der Waals surface area contributed by atoms with Gasteiger partial charge in [0.25, 0.3) is 5.91 Å². The Bertz CT molecular complexity index is 1160. The van der Waals surface area contributed by atoms with Crippen molar-refractivity contribution in [2.75, 3.05) is 31.1 Å². The average molecular weight is 388 g/mol. The molecule has 146 valence electrons. The molecule has 3 heterocycles. The van der Waals surface area contributed by atoms with Crippen LogP contribution in [0.25, 0.3) is 16.7 Å². The molecular weight excluding hydrogens is 368 g/mol. The number of benzene rings is 2. The van der Waals surface area contributed by atoms with Crippen LogP contribution >= 0.6 is 0 Å². The van der Waals surface area contributed by atoms with Gasteiger partial charge in [0.1, 0.15) is 5.58 Å². The number of fused-ring (bicyclic) bond motifs is 1. The number of amides is 1. The predicted octanol–water partition coefficient (Wildman–Crippen LogP) is 2.68. The zero-order valence-electron chi connectivity index (χ0n) is 16.0. The van der Waals surface area contributed by atoms with Crippen LogP contribution in [-0.4, -0.2) is 57.2 Å². The number of hydrogen-bond donors (Lipinski definition) is 0. The number of hydrogen-bond acceptors (Lipinski definition) is 6. The van der Waals surface area contributed by atoms with E-state index in [2.05, 4.69) is 20.4 Å². The second-order valence-electron chi connectivity index (χ2n) is 7.16. The number of aromatic nitrogens is 4. The van der Waals surface area contributed by atoms with Gasteiger partial charge in [-0.2, -0.15) is 4.68 Å². The standard InChI is InChI=1S/C21H20N6O2/c1-15-7-8-18-16(13-15)14-19(29-18)20(28)25-9-11-26(12-10-25)21-22-23-24-27(21)17-5-3-2-4-6-17/h2-8,13-14H,9-12H2,1H3. The maximum Gasteiger partial charge on any atom is 0.289 e. The summed E-state index contributed by atoms with van der Waals surface area (Å²) in [5.41, 5.74) is 2.78. The lowest BCUT2D eigenvalue weighted by molar-refractivity contribution is 0.0716. The van der Waals surface area contributed by atoms with Gasteiger partial charge < -0.3 is 14.2 Å². The third kappa shape index (κ3) is 3.22. The summed E-state index contributed by atoms with van der Waals surface area (Å²) in [4.78, 5) is 16.8. The molecule has 1 aliphatic heterocycles. The summed E-state index contributed by atoms with van der Waals surface area (Å²) < 4.78 is 7.49. The molecule has 0 spiro atoms. The molecule has 5 rings (SSSR count). The van der Waals surface area contributed by atoms with E-state index in [4.69, 9.17) is 4.42 Å². The van der Waals surface area contributed by atoms with E-state index in [0.717, 1.165) is 22.2 Å². The van der Waals surface area contributed by atoms with Crippen LogP contribution in [0.15, 0.2) is 59.0 Å². The van der Waals surface area contributed by atoms with Crippen molar-refractivity contribution >= 4 is 22.8 Å². The van der Waals surface area contributed by atoms with E-state index in [1.165, 1.54) is 0 Å². The molecule has 2 aromatic carbocycles. The molecule has 0 atom stereocenters. The van der Waals surface area contributed by atoms with Crippen molar-refractivity contribution in [2.45, 2.75) is 6.92 Å². The number of para-hydroxylation sites is 1. The summed E-state index contributed by atoms with van der Waals surface area (Å²) in [7, 11) is 0. The van der Waals surface area contributed by atoms with Crippen LogP contribution in [-0.2, 0) is 0 Å². The number of carbonyl (C=O) groups excluding carboxylic acids is 1. The molecule has 0 radical (unpaired) electrons. The maximum atomic E-state index is 12.9. The van der Waals surface area contributed by atoms with Crippen molar-refractivity contribution in [3.05, 3.63) is 65.9 Å². The maximum absolute atomic E-state index is 12.9. The third-order valence-electron chi connectivity index (χ3n) is 5.19. The lowest BCUT2D eigenvalue weighted by atomic mass is 10.2. The molecular formula is C21H20N6O2. The minimum Gasteiger partial charge on any atom is -0.451 e. The number of rotatable bonds is 3. The second-order valence-corrected chi connectivity index (χ2v) is 7.16. The molecule has 0 saturated carbocycles. The number of furan rings is 1. The molecule has 0 unspecified atom stereocenters. The first kappa shape index (κ1) is 17.4. The van der Waals surface area contributed by atoms with Gasteiger partial charge in [-0.3, -0.25) is 4.79 Å². The molecule has 0 aliphatic carbocycles. The minimum absolute atomic E-state index is 0.0823. The highest BCUT2D eigenvalue weighted by Gasteiger charge is 2.27. The highest BCUT2D eigenvalue weighted by Crippen LogP contribution is 2.23. The third-order valence-corrected chi connectivity index (χ3v) is 5.19. The molecule has 1 amide bonds. The Morgan fingerprint density at radius 3 is 2.59 bits per heavy atom. The van der Waals surface area contributed by atoms with Crippen molar-refractivity contribution in [1.29, 1.82) is 0 Å². The van der Waals surface area contributed by atoms with Crippen LogP contribution in [0.5, 0.6) is 0 Å². The van der Waals surface area contributed by atoms with Gasteiger partial charge in [0.05, 0.1) is 5.69 Å². The van der Waals surface area contributed by atoms with Crippen molar-refractivity contribution in [1.82, 2.24) is 25.1 Å². The lowest BCUT2D eigenvalue weighted by Gasteiger charge is -2.34. The van der Waals surface area contributed by atoms with Crippen molar-refractivity contribution in [3.8, 4) is 5.69 Å². The zero-order valence-corrected chi connectivity index (χ0v) is 16.0. The van der Waals surface area contributed by atoms with E-state index in [9.17, 15) is 4.79 Å². The first-order valence-electron chi connectivity index (χ1n) is 9.57. The number of tetrazole rings is 1. The fraction of sp³-hybridized carbons (Fsp3) is 0.238. The molecule has 2 aromatic heterocycles. The molecule has 8 nitrogen and oxygen atoms in total. The summed E-state index contributed by atoms with van der Waals surface area (Å²) in [6, 6.07) is 17.5. The first-order chi connectivity index (χ1) is 14.2. The summed E-state index contributed by atoms with van der Waals surface area (Å²) in [5, 5.41) is 13.1. The topological polar surface area (TPSA) is 80.3 Å². The van der Waals surface area contributed by atoms with Gasteiger partial charge in [0.2, 0.25) is 5.95 Å².